The van der Waals surface area contributed by atoms with Crippen LogP contribution in [0.1, 0.15) is 44.0 Å². The molecule has 0 aromatic heterocycles. The maximum absolute atomic E-state index is 12.7. The molecule has 1 aliphatic rings. The number of amides is 2. The number of hydrogen-bond donors (Lipinski definition) is 3. The fraction of sp³-hybridized carbons (Fsp3) is 0.529. The Bertz CT molecular complexity index is 678. The Balaban J connectivity index is 2.01. The SMILES string of the molecule is CC(C)(C)OC(=O)NC1CCCN(C(=O)c2ccc(B(O)O)c(Cl)c2)C1. The van der Waals surface area contributed by atoms with E-state index in [-0.39, 0.29) is 22.4 Å². The molecular formula is C17H24BClN2O5. The van der Waals surface area contributed by atoms with E-state index in [1.54, 1.807) is 25.7 Å². The van der Waals surface area contributed by atoms with E-state index in [0.29, 0.717) is 18.7 Å². The second kappa shape index (κ2) is 8.29. The first-order valence-corrected chi connectivity index (χ1v) is 8.89. The van der Waals surface area contributed by atoms with Crippen molar-refractivity contribution in [1.82, 2.24) is 10.2 Å². The molecule has 1 aliphatic heterocycles. The van der Waals surface area contributed by atoms with Gasteiger partial charge in [-0.1, -0.05) is 17.7 Å². The van der Waals surface area contributed by atoms with Crippen LogP contribution in [0.4, 0.5) is 4.79 Å². The second-order valence-electron chi connectivity index (χ2n) is 7.35. The Labute approximate surface area is 158 Å². The molecule has 2 rings (SSSR count). The van der Waals surface area contributed by atoms with Crippen LogP contribution in [0.2, 0.25) is 5.02 Å². The Kier molecular flexibility index (Phi) is 6.55. The van der Waals surface area contributed by atoms with Gasteiger partial charge in [-0.2, -0.15) is 0 Å². The predicted molar refractivity (Wildman–Crippen MR) is 99.6 cm³/mol. The molecule has 3 N–H and O–H groups in total. The molecule has 1 saturated heterocycles. The van der Waals surface area contributed by atoms with E-state index in [2.05, 4.69) is 5.32 Å². The minimum Gasteiger partial charge on any atom is -0.444 e. The van der Waals surface area contributed by atoms with Crippen molar-refractivity contribution in [3.05, 3.63) is 28.8 Å². The minimum absolute atomic E-state index is 0.117. The van der Waals surface area contributed by atoms with Gasteiger partial charge in [0.25, 0.3) is 5.91 Å². The van der Waals surface area contributed by atoms with Gasteiger partial charge in [-0.05, 0) is 45.7 Å². The van der Waals surface area contributed by atoms with Crippen LogP contribution in [-0.4, -0.2) is 58.8 Å². The molecule has 2 amide bonds. The lowest BCUT2D eigenvalue weighted by Crippen LogP contribution is -2.50. The number of rotatable bonds is 3. The molecule has 1 heterocycles. The summed E-state index contributed by atoms with van der Waals surface area (Å²) in [5.41, 5.74) is -0.0760. The molecule has 1 aromatic carbocycles. The number of likely N-dealkylation sites (tertiary alicyclic amines) is 1. The van der Waals surface area contributed by atoms with Crippen LogP contribution < -0.4 is 10.8 Å². The summed E-state index contributed by atoms with van der Waals surface area (Å²) in [6.07, 6.45) is 1.02. The van der Waals surface area contributed by atoms with Gasteiger partial charge in [-0.3, -0.25) is 4.79 Å². The fourth-order valence-electron chi connectivity index (χ4n) is 2.81. The quantitative estimate of drug-likeness (QED) is 0.681. The molecule has 1 fully saturated rings. The van der Waals surface area contributed by atoms with Crippen molar-refractivity contribution in [2.24, 2.45) is 0 Å². The van der Waals surface area contributed by atoms with Crippen LogP contribution >= 0.6 is 11.6 Å². The van der Waals surface area contributed by atoms with Crippen LogP contribution in [0.3, 0.4) is 0 Å². The highest BCUT2D eigenvalue weighted by Gasteiger charge is 2.28. The zero-order valence-corrected chi connectivity index (χ0v) is 15.9. The summed E-state index contributed by atoms with van der Waals surface area (Å²) in [6, 6.07) is 4.16. The number of nitrogens with one attached hydrogen (secondary N) is 1. The highest BCUT2D eigenvalue weighted by atomic mass is 35.5. The Morgan fingerprint density at radius 2 is 2.04 bits per heavy atom. The van der Waals surface area contributed by atoms with Gasteiger partial charge in [0.1, 0.15) is 5.60 Å². The largest absolute Gasteiger partial charge is 0.489 e. The van der Waals surface area contributed by atoms with Gasteiger partial charge in [0.2, 0.25) is 0 Å². The Morgan fingerprint density at radius 3 is 2.62 bits per heavy atom. The molecule has 7 nitrogen and oxygen atoms in total. The normalized spacial score (nSPS) is 17.6. The van der Waals surface area contributed by atoms with E-state index in [4.69, 9.17) is 16.3 Å². The van der Waals surface area contributed by atoms with Crippen molar-refractivity contribution in [1.29, 1.82) is 0 Å². The fourth-order valence-corrected chi connectivity index (χ4v) is 3.08. The summed E-state index contributed by atoms with van der Waals surface area (Å²) in [7, 11) is -1.69. The standard InChI is InChI=1S/C17H24BClN2O5/c1-17(2,3)26-16(23)20-12-5-4-8-21(10-12)15(22)11-6-7-13(18(24)25)14(19)9-11/h6-7,9,12,24-25H,4-5,8,10H2,1-3H3,(H,20,23). The molecule has 1 atom stereocenters. The number of carbonyl (C=O) groups excluding carboxylic acids is 2. The van der Waals surface area contributed by atoms with Gasteiger partial charge in [-0.15, -0.1) is 0 Å². The van der Waals surface area contributed by atoms with E-state index in [9.17, 15) is 19.6 Å². The highest BCUT2D eigenvalue weighted by molar-refractivity contribution is 6.62. The lowest BCUT2D eigenvalue weighted by Gasteiger charge is -2.33. The maximum atomic E-state index is 12.7. The Morgan fingerprint density at radius 1 is 1.35 bits per heavy atom. The third kappa shape index (κ3) is 5.62. The van der Waals surface area contributed by atoms with Gasteiger partial charge in [0.05, 0.1) is 0 Å². The van der Waals surface area contributed by atoms with Crippen LogP contribution in [0.15, 0.2) is 18.2 Å². The molecule has 142 valence electrons. The third-order valence-corrected chi connectivity index (χ3v) is 4.28. The van der Waals surface area contributed by atoms with Crippen molar-refractivity contribution in [2.75, 3.05) is 13.1 Å². The molecule has 1 aromatic rings. The van der Waals surface area contributed by atoms with E-state index >= 15 is 0 Å². The molecule has 26 heavy (non-hydrogen) atoms. The summed E-state index contributed by atoms with van der Waals surface area (Å²) in [5, 5.41) is 21.3. The minimum atomic E-state index is -1.69. The second-order valence-corrected chi connectivity index (χ2v) is 7.75. The van der Waals surface area contributed by atoms with Crippen LogP contribution in [0, 0.1) is 0 Å². The predicted octanol–water partition coefficient (Wildman–Crippen LogP) is 1.15. The van der Waals surface area contributed by atoms with Crippen molar-refractivity contribution in [2.45, 2.75) is 45.3 Å². The number of halogens is 1. The molecule has 0 radical (unpaired) electrons. The monoisotopic (exact) mass is 382 g/mol. The van der Waals surface area contributed by atoms with E-state index < -0.39 is 18.8 Å². The van der Waals surface area contributed by atoms with Crippen LogP contribution in [0.5, 0.6) is 0 Å². The van der Waals surface area contributed by atoms with Crippen molar-refractivity contribution < 1.29 is 24.4 Å². The zero-order chi connectivity index (χ0) is 19.5. The van der Waals surface area contributed by atoms with Crippen LogP contribution in [-0.2, 0) is 4.74 Å². The lowest BCUT2D eigenvalue weighted by atomic mass is 9.80. The number of alkyl carbamates (subject to hydrolysis) is 1. The molecular weight excluding hydrogens is 358 g/mol. The first-order valence-electron chi connectivity index (χ1n) is 8.51. The van der Waals surface area contributed by atoms with E-state index in [1.807, 2.05) is 0 Å². The summed E-state index contributed by atoms with van der Waals surface area (Å²) >= 11 is 6.00. The highest BCUT2D eigenvalue weighted by Crippen LogP contribution is 2.17. The van der Waals surface area contributed by atoms with Gasteiger partial charge in [0.15, 0.2) is 0 Å². The first kappa shape index (κ1) is 20.5. The summed E-state index contributed by atoms with van der Waals surface area (Å²) < 4.78 is 5.25. The smallest absolute Gasteiger partial charge is 0.444 e. The molecule has 1 unspecified atom stereocenters. The average Bonchev–Trinajstić information content (AvgIpc) is 2.52. The lowest BCUT2D eigenvalue weighted by molar-refractivity contribution is 0.0452. The van der Waals surface area contributed by atoms with Crippen molar-refractivity contribution in [3.8, 4) is 0 Å². The number of hydrogen-bond acceptors (Lipinski definition) is 5. The molecule has 0 saturated carbocycles. The summed E-state index contributed by atoms with van der Waals surface area (Å²) in [6.45, 7) is 6.33. The van der Waals surface area contributed by atoms with Gasteiger partial charge in [0, 0.05) is 35.2 Å². The number of carbonyl (C=O) groups is 2. The van der Waals surface area contributed by atoms with Gasteiger partial charge < -0.3 is 25.0 Å². The Hall–Kier alpha value is -1.77. The van der Waals surface area contributed by atoms with E-state index in [0.717, 1.165) is 12.8 Å². The molecule has 9 heteroatoms. The van der Waals surface area contributed by atoms with Crippen LogP contribution in [0.25, 0.3) is 0 Å². The van der Waals surface area contributed by atoms with Crippen molar-refractivity contribution >= 4 is 36.2 Å². The van der Waals surface area contributed by atoms with Crippen molar-refractivity contribution in [3.63, 3.8) is 0 Å². The molecule has 0 bridgehead atoms. The zero-order valence-electron chi connectivity index (χ0n) is 15.2. The average molecular weight is 383 g/mol. The number of benzene rings is 1. The van der Waals surface area contributed by atoms with Gasteiger partial charge >= 0.3 is 13.2 Å². The summed E-state index contributed by atoms with van der Waals surface area (Å²) in [4.78, 5) is 26.3. The number of piperidine rings is 1. The summed E-state index contributed by atoms with van der Waals surface area (Å²) in [5.74, 6) is -0.221. The molecule has 0 spiro atoms. The number of ether oxygens (including phenoxy) is 1. The topological polar surface area (TPSA) is 99.1 Å². The van der Waals surface area contributed by atoms with E-state index in [1.165, 1.54) is 18.2 Å². The maximum Gasteiger partial charge on any atom is 0.489 e. The van der Waals surface area contributed by atoms with Gasteiger partial charge in [-0.25, -0.2) is 4.79 Å². The third-order valence-electron chi connectivity index (χ3n) is 3.96. The first-order chi connectivity index (χ1) is 12.1. The molecule has 0 aliphatic carbocycles. The number of nitrogens with zero attached hydrogens (tertiary/aromatic N) is 1.